The summed E-state index contributed by atoms with van der Waals surface area (Å²) in [6, 6.07) is 11.0. The lowest BCUT2D eigenvalue weighted by atomic mass is 9.73. The molecule has 2 fully saturated rings. The number of fused-ring (bicyclic) bond motifs is 1. The molecule has 5 rings (SSSR count). The van der Waals surface area contributed by atoms with E-state index in [1.54, 1.807) is 12.1 Å². The third-order valence-electron chi connectivity index (χ3n) is 7.30. The van der Waals surface area contributed by atoms with Crippen LogP contribution in [0.15, 0.2) is 42.6 Å². The average Bonchev–Trinajstić information content (AvgIpc) is 3.52. The molecule has 1 atom stereocenters. The highest BCUT2D eigenvalue weighted by atomic mass is 35.5. The van der Waals surface area contributed by atoms with E-state index < -0.39 is 0 Å². The Kier molecular flexibility index (Phi) is 5.99. The van der Waals surface area contributed by atoms with Gasteiger partial charge in [-0.2, -0.15) is 5.10 Å². The number of ether oxygens (including phenoxy) is 1. The Morgan fingerprint density at radius 3 is 2.59 bits per heavy atom. The van der Waals surface area contributed by atoms with Crippen molar-refractivity contribution in [3.8, 4) is 0 Å². The molecule has 2 aromatic carbocycles. The van der Waals surface area contributed by atoms with E-state index >= 15 is 0 Å². The second-order valence-corrected chi connectivity index (χ2v) is 10.2. The third kappa shape index (κ3) is 4.43. The fraction of sp³-hybridized carbons (Fsp3) is 0.500. The molecule has 0 amide bonds. The molecule has 1 aliphatic carbocycles. The summed E-state index contributed by atoms with van der Waals surface area (Å²) in [7, 11) is 2.15. The van der Waals surface area contributed by atoms with E-state index in [4.69, 9.17) is 16.3 Å². The van der Waals surface area contributed by atoms with Crippen LogP contribution in [-0.2, 0) is 16.7 Å². The summed E-state index contributed by atoms with van der Waals surface area (Å²) < 4.78 is 22.3. The predicted octanol–water partition coefficient (Wildman–Crippen LogP) is 5.98. The molecule has 0 radical (unpaired) electrons. The van der Waals surface area contributed by atoms with Crippen molar-refractivity contribution in [3.63, 3.8) is 0 Å². The number of hydrogen-bond donors (Lipinski definition) is 0. The van der Waals surface area contributed by atoms with Crippen molar-refractivity contribution < 1.29 is 9.13 Å². The van der Waals surface area contributed by atoms with Crippen LogP contribution in [-0.4, -0.2) is 41.4 Å². The summed E-state index contributed by atoms with van der Waals surface area (Å²) in [5, 5.41) is 6.42. The number of rotatable bonds is 7. The van der Waals surface area contributed by atoms with Gasteiger partial charge in [0, 0.05) is 27.9 Å². The molecule has 0 spiro atoms. The topological polar surface area (TPSA) is 30.3 Å². The van der Waals surface area contributed by atoms with Crippen LogP contribution in [0.4, 0.5) is 4.39 Å². The van der Waals surface area contributed by atoms with Gasteiger partial charge in [0.05, 0.1) is 24.4 Å². The zero-order valence-electron chi connectivity index (χ0n) is 18.9. The molecule has 6 heteroatoms. The van der Waals surface area contributed by atoms with Gasteiger partial charge in [-0.25, -0.2) is 4.39 Å². The first-order valence-electron chi connectivity index (χ1n) is 11.6. The van der Waals surface area contributed by atoms with Crippen molar-refractivity contribution in [2.24, 2.45) is 5.92 Å². The van der Waals surface area contributed by atoms with E-state index in [1.165, 1.54) is 12.8 Å². The quantitative estimate of drug-likeness (QED) is 0.439. The zero-order chi connectivity index (χ0) is 22.3. The van der Waals surface area contributed by atoms with E-state index in [0.717, 1.165) is 60.4 Å². The largest absolute Gasteiger partial charge is 0.373 e. The molecule has 1 aromatic heterocycles. The van der Waals surface area contributed by atoms with Crippen LogP contribution in [0.3, 0.4) is 0 Å². The minimum Gasteiger partial charge on any atom is -0.373 e. The molecule has 32 heavy (non-hydrogen) atoms. The number of likely N-dealkylation sites (tertiary alicyclic amines) is 1. The fourth-order valence-corrected chi connectivity index (χ4v) is 5.20. The highest BCUT2D eigenvalue weighted by Gasteiger charge is 2.36. The van der Waals surface area contributed by atoms with Gasteiger partial charge in [0.25, 0.3) is 0 Å². The third-order valence-corrected chi connectivity index (χ3v) is 7.52. The average molecular weight is 456 g/mol. The van der Waals surface area contributed by atoms with Crippen molar-refractivity contribution >= 4 is 22.5 Å². The molecule has 0 bridgehead atoms. The van der Waals surface area contributed by atoms with Gasteiger partial charge < -0.3 is 9.64 Å². The fourth-order valence-electron chi connectivity index (χ4n) is 4.96. The summed E-state index contributed by atoms with van der Waals surface area (Å²) in [4.78, 5) is 2.35. The molecular weight excluding hydrogens is 425 g/mol. The smallest absolute Gasteiger partial charge is 0.123 e. The zero-order valence-corrected chi connectivity index (χ0v) is 19.6. The standard InChI is InChI=1S/C26H31ClFN3O/c1-18(24-14-22(27)13-20-15-29-31(25(20)24)16-19-3-4-19)32-17-26(9-11-30(2)12-10-26)21-5-7-23(28)8-6-21/h5-8,13-15,18-19H,3-4,9-12,16-17H2,1-2H3/t18-/m1/s1. The lowest BCUT2D eigenvalue weighted by Gasteiger charge is -2.41. The summed E-state index contributed by atoms with van der Waals surface area (Å²) in [6.07, 6.45) is 6.34. The van der Waals surface area contributed by atoms with Gasteiger partial charge in [-0.3, -0.25) is 4.68 Å². The first kappa shape index (κ1) is 21.9. The van der Waals surface area contributed by atoms with E-state index in [0.29, 0.717) is 11.6 Å². The molecule has 4 nitrogen and oxygen atoms in total. The summed E-state index contributed by atoms with van der Waals surface area (Å²) >= 11 is 6.46. The van der Waals surface area contributed by atoms with Gasteiger partial charge in [-0.05, 0) is 88.5 Å². The second-order valence-electron chi connectivity index (χ2n) is 9.75. The van der Waals surface area contributed by atoms with Gasteiger partial charge in [-0.1, -0.05) is 23.7 Å². The van der Waals surface area contributed by atoms with Crippen LogP contribution in [0.5, 0.6) is 0 Å². The van der Waals surface area contributed by atoms with E-state index in [9.17, 15) is 4.39 Å². The maximum atomic E-state index is 13.6. The normalized spacial score (nSPS) is 20.0. The Hall–Kier alpha value is -1.95. The minimum absolute atomic E-state index is 0.111. The molecular formula is C26H31ClFN3O. The van der Waals surface area contributed by atoms with Crippen LogP contribution in [0.1, 0.15) is 49.8 Å². The highest BCUT2D eigenvalue weighted by Crippen LogP contribution is 2.39. The molecule has 0 N–H and O–H groups in total. The first-order chi connectivity index (χ1) is 15.4. The van der Waals surface area contributed by atoms with Crippen LogP contribution in [0.2, 0.25) is 5.02 Å². The van der Waals surface area contributed by atoms with Gasteiger partial charge in [0.1, 0.15) is 5.82 Å². The van der Waals surface area contributed by atoms with E-state index in [1.807, 2.05) is 30.5 Å². The lowest BCUT2D eigenvalue weighted by molar-refractivity contribution is 0.00688. The SMILES string of the molecule is C[C@@H](OCC1(c2ccc(F)cc2)CCN(C)CC1)c1cc(Cl)cc2cnn(CC3CC3)c12. The van der Waals surface area contributed by atoms with E-state index in [-0.39, 0.29) is 17.3 Å². The maximum absolute atomic E-state index is 13.6. The van der Waals surface area contributed by atoms with Gasteiger partial charge in [0.15, 0.2) is 0 Å². The van der Waals surface area contributed by atoms with Gasteiger partial charge in [0.2, 0.25) is 0 Å². The van der Waals surface area contributed by atoms with Crippen molar-refractivity contribution in [2.75, 3.05) is 26.7 Å². The number of hydrogen-bond acceptors (Lipinski definition) is 3. The van der Waals surface area contributed by atoms with Crippen LogP contribution in [0.25, 0.3) is 10.9 Å². The molecule has 2 heterocycles. The van der Waals surface area contributed by atoms with Crippen LogP contribution in [0, 0.1) is 11.7 Å². The second kappa shape index (κ2) is 8.77. The van der Waals surface area contributed by atoms with Crippen LogP contribution < -0.4 is 0 Å². The Balaban J connectivity index is 1.42. The summed E-state index contributed by atoms with van der Waals surface area (Å²) in [5.74, 6) is 0.537. The number of piperidine rings is 1. The van der Waals surface area contributed by atoms with Crippen molar-refractivity contribution in [1.29, 1.82) is 0 Å². The number of benzene rings is 2. The molecule has 1 aliphatic heterocycles. The summed E-state index contributed by atoms with van der Waals surface area (Å²) in [5.41, 5.74) is 3.27. The molecule has 170 valence electrons. The van der Waals surface area contributed by atoms with Crippen molar-refractivity contribution in [2.45, 2.75) is 50.7 Å². The highest BCUT2D eigenvalue weighted by molar-refractivity contribution is 6.31. The molecule has 2 aliphatic rings. The number of nitrogens with zero attached hydrogens (tertiary/aromatic N) is 3. The summed E-state index contributed by atoms with van der Waals surface area (Å²) in [6.45, 7) is 5.66. The molecule has 0 unspecified atom stereocenters. The van der Waals surface area contributed by atoms with Crippen molar-refractivity contribution in [3.05, 3.63) is 64.6 Å². The number of aromatic nitrogens is 2. The Morgan fingerprint density at radius 2 is 1.91 bits per heavy atom. The Labute approximate surface area is 194 Å². The molecule has 1 saturated carbocycles. The lowest BCUT2D eigenvalue weighted by Crippen LogP contribution is -2.44. The van der Waals surface area contributed by atoms with E-state index in [2.05, 4.69) is 28.7 Å². The molecule has 1 saturated heterocycles. The van der Waals surface area contributed by atoms with Gasteiger partial charge >= 0.3 is 0 Å². The Morgan fingerprint density at radius 1 is 1.19 bits per heavy atom. The molecule has 3 aromatic rings. The first-order valence-corrected chi connectivity index (χ1v) is 12.0. The van der Waals surface area contributed by atoms with Crippen LogP contribution >= 0.6 is 11.6 Å². The number of halogens is 2. The van der Waals surface area contributed by atoms with Crippen molar-refractivity contribution in [1.82, 2.24) is 14.7 Å². The van der Waals surface area contributed by atoms with Gasteiger partial charge in [-0.15, -0.1) is 0 Å². The Bertz CT molecular complexity index is 1080. The predicted molar refractivity (Wildman–Crippen MR) is 127 cm³/mol. The maximum Gasteiger partial charge on any atom is 0.123 e. The minimum atomic E-state index is -0.198. The monoisotopic (exact) mass is 455 g/mol.